The van der Waals surface area contributed by atoms with Crippen molar-refractivity contribution >= 4 is 40.0 Å². The summed E-state index contributed by atoms with van der Waals surface area (Å²) < 4.78 is 0. The minimum Gasteiger partial charge on any atom is -0.321 e. The summed E-state index contributed by atoms with van der Waals surface area (Å²) in [5.41, 5.74) is 2.34. The number of amides is 1. The lowest BCUT2D eigenvalue weighted by molar-refractivity contribution is -0.112. The lowest BCUT2D eigenvalue weighted by Crippen LogP contribution is -2.13. The molecule has 4 heteroatoms. The Balaban J connectivity index is 1.93. The summed E-state index contributed by atoms with van der Waals surface area (Å²) in [6.45, 7) is 1.88. The van der Waals surface area contributed by atoms with Crippen molar-refractivity contribution in [2.24, 2.45) is 0 Å². The third-order valence-corrected chi connectivity index (χ3v) is 4.33. The van der Waals surface area contributed by atoms with Crippen LogP contribution in [0.1, 0.15) is 11.1 Å². The molecule has 0 radical (unpaired) electrons. The van der Waals surface area contributed by atoms with Gasteiger partial charge in [-0.05, 0) is 47.0 Å². The SMILES string of the molecule is Cc1ccc(NC(=O)/C(C#N)=C/c2cccc3ccccc23)cc1Cl. The van der Waals surface area contributed by atoms with Gasteiger partial charge in [-0.25, -0.2) is 0 Å². The molecule has 3 rings (SSSR count). The van der Waals surface area contributed by atoms with E-state index in [1.165, 1.54) is 0 Å². The number of hydrogen-bond donors (Lipinski definition) is 1. The number of carbonyl (C=O) groups excluding carboxylic acids is 1. The minimum absolute atomic E-state index is 0.0352. The van der Waals surface area contributed by atoms with Crippen LogP contribution in [0.5, 0.6) is 0 Å². The zero-order valence-electron chi connectivity index (χ0n) is 13.6. The summed E-state index contributed by atoms with van der Waals surface area (Å²) in [5.74, 6) is -0.463. The van der Waals surface area contributed by atoms with Crippen molar-refractivity contribution in [3.63, 3.8) is 0 Å². The topological polar surface area (TPSA) is 52.9 Å². The van der Waals surface area contributed by atoms with Crippen molar-refractivity contribution in [2.45, 2.75) is 6.92 Å². The van der Waals surface area contributed by atoms with Crippen LogP contribution in [0.4, 0.5) is 5.69 Å². The molecule has 122 valence electrons. The van der Waals surface area contributed by atoms with E-state index in [4.69, 9.17) is 11.6 Å². The highest BCUT2D eigenvalue weighted by Gasteiger charge is 2.11. The fourth-order valence-electron chi connectivity index (χ4n) is 2.55. The highest BCUT2D eigenvalue weighted by molar-refractivity contribution is 6.31. The number of fused-ring (bicyclic) bond motifs is 1. The predicted molar refractivity (Wildman–Crippen MR) is 102 cm³/mol. The van der Waals surface area contributed by atoms with Crippen LogP contribution < -0.4 is 5.32 Å². The molecule has 0 saturated heterocycles. The summed E-state index contributed by atoms with van der Waals surface area (Å²) >= 11 is 6.07. The molecule has 3 nitrogen and oxygen atoms in total. The van der Waals surface area contributed by atoms with Gasteiger partial charge < -0.3 is 5.32 Å². The van der Waals surface area contributed by atoms with Gasteiger partial charge in [0.2, 0.25) is 0 Å². The number of rotatable bonds is 3. The fraction of sp³-hybridized carbons (Fsp3) is 0.0476. The fourth-order valence-corrected chi connectivity index (χ4v) is 2.73. The zero-order chi connectivity index (χ0) is 17.8. The number of aryl methyl sites for hydroxylation is 1. The van der Waals surface area contributed by atoms with Gasteiger partial charge in [-0.2, -0.15) is 5.26 Å². The number of benzene rings is 3. The van der Waals surface area contributed by atoms with Gasteiger partial charge in [-0.3, -0.25) is 4.79 Å². The Morgan fingerprint density at radius 1 is 1.12 bits per heavy atom. The first-order valence-electron chi connectivity index (χ1n) is 7.75. The molecule has 0 aliphatic heterocycles. The molecule has 1 N–H and O–H groups in total. The maximum atomic E-state index is 12.4. The van der Waals surface area contributed by atoms with Crippen LogP contribution in [0.15, 0.2) is 66.2 Å². The monoisotopic (exact) mass is 346 g/mol. The minimum atomic E-state index is -0.463. The average molecular weight is 347 g/mol. The lowest BCUT2D eigenvalue weighted by Gasteiger charge is -2.07. The van der Waals surface area contributed by atoms with Crippen LogP contribution in [0.2, 0.25) is 5.02 Å². The largest absolute Gasteiger partial charge is 0.321 e. The molecule has 0 fully saturated rings. The molecule has 0 aliphatic rings. The summed E-state index contributed by atoms with van der Waals surface area (Å²) in [5, 5.41) is 14.7. The molecule has 0 heterocycles. The molecule has 0 aliphatic carbocycles. The molecule has 3 aromatic carbocycles. The van der Waals surface area contributed by atoms with Gasteiger partial charge in [0, 0.05) is 10.7 Å². The van der Waals surface area contributed by atoms with Gasteiger partial charge in [0.15, 0.2) is 0 Å². The van der Waals surface area contributed by atoms with Crippen LogP contribution >= 0.6 is 11.6 Å². The van der Waals surface area contributed by atoms with Crippen LogP contribution in [-0.4, -0.2) is 5.91 Å². The van der Waals surface area contributed by atoms with Crippen LogP contribution in [0, 0.1) is 18.3 Å². The Kier molecular flexibility index (Phi) is 4.83. The molecule has 25 heavy (non-hydrogen) atoms. The number of hydrogen-bond acceptors (Lipinski definition) is 2. The van der Waals surface area contributed by atoms with Gasteiger partial charge in [0.05, 0.1) is 0 Å². The highest BCUT2D eigenvalue weighted by atomic mass is 35.5. The van der Waals surface area contributed by atoms with Crippen molar-refractivity contribution in [2.75, 3.05) is 5.32 Å². The van der Waals surface area contributed by atoms with Gasteiger partial charge in [-0.15, -0.1) is 0 Å². The molecule has 0 saturated carbocycles. The number of carbonyl (C=O) groups is 1. The predicted octanol–water partition coefficient (Wildman–Crippen LogP) is 5.35. The molecule has 1 amide bonds. The second kappa shape index (κ2) is 7.21. The third-order valence-electron chi connectivity index (χ3n) is 3.92. The maximum Gasteiger partial charge on any atom is 0.266 e. The van der Waals surface area contributed by atoms with Gasteiger partial charge in [0.25, 0.3) is 5.91 Å². The number of nitriles is 1. The summed E-state index contributed by atoms with van der Waals surface area (Å²) in [6, 6.07) is 20.8. The Bertz CT molecular complexity index is 1030. The van der Waals surface area contributed by atoms with E-state index in [-0.39, 0.29) is 5.57 Å². The number of halogens is 1. The quantitative estimate of drug-likeness (QED) is 0.513. The van der Waals surface area contributed by atoms with Gasteiger partial charge in [0.1, 0.15) is 11.6 Å². The summed E-state index contributed by atoms with van der Waals surface area (Å²) in [4.78, 5) is 12.4. The molecule has 0 bridgehead atoms. The molecule has 0 aromatic heterocycles. The van der Waals surface area contributed by atoms with E-state index in [9.17, 15) is 10.1 Å². The highest BCUT2D eigenvalue weighted by Crippen LogP contribution is 2.23. The van der Waals surface area contributed by atoms with Crippen molar-refractivity contribution in [3.8, 4) is 6.07 Å². The van der Waals surface area contributed by atoms with Crippen LogP contribution in [-0.2, 0) is 4.79 Å². The summed E-state index contributed by atoms with van der Waals surface area (Å²) in [6.07, 6.45) is 1.60. The van der Waals surface area contributed by atoms with E-state index in [0.717, 1.165) is 21.9 Å². The smallest absolute Gasteiger partial charge is 0.266 e. The van der Waals surface area contributed by atoms with Crippen molar-refractivity contribution in [1.29, 1.82) is 5.26 Å². The molecule has 0 spiro atoms. The molecule has 3 aromatic rings. The molecular formula is C21H15ClN2O. The van der Waals surface area contributed by atoms with Crippen molar-refractivity contribution in [3.05, 3.63) is 82.4 Å². The zero-order valence-corrected chi connectivity index (χ0v) is 14.3. The summed E-state index contributed by atoms with van der Waals surface area (Å²) in [7, 11) is 0. The van der Waals surface area contributed by atoms with E-state index in [1.807, 2.05) is 61.5 Å². The first kappa shape index (κ1) is 16.8. The maximum absolute atomic E-state index is 12.4. The Morgan fingerprint density at radius 2 is 1.88 bits per heavy atom. The normalized spacial score (nSPS) is 11.2. The first-order valence-corrected chi connectivity index (χ1v) is 8.13. The number of nitrogens with one attached hydrogen (secondary N) is 1. The van der Waals surface area contributed by atoms with E-state index < -0.39 is 5.91 Å². The average Bonchev–Trinajstić information content (AvgIpc) is 2.62. The number of anilines is 1. The molecular weight excluding hydrogens is 332 g/mol. The van der Waals surface area contributed by atoms with Gasteiger partial charge >= 0.3 is 0 Å². The molecule has 0 atom stereocenters. The molecule has 0 unspecified atom stereocenters. The third kappa shape index (κ3) is 3.71. The van der Waals surface area contributed by atoms with Crippen LogP contribution in [0.25, 0.3) is 16.8 Å². The van der Waals surface area contributed by atoms with E-state index in [1.54, 1.807) is 18.2 Å². The second-order valence-corrected chi connectivity index (χ2v) is 6.06. The first-order chi connectivity index (χ1) is 12.1. The second-order valence-electron chi connectivity index (χ2n) is 5.66. The Hall–Kier alpha value is -3.09. The Morgan fingerprint density at radius 3 is 2.64 bits per heavy atom. The lowest BCUT2D eigenvalue weighted by atomic mass is 10.0. The van der Waals surface area contributed by atoms with Gasteiger partial charge in [-0.1, -0.05) is 60.1 Å². The van der Waals surface area contributed by atoms with E-state index >= 15 is 0 Å². The van der Waals surface area contributed by atoms with E-state index in [2.05, 4.69) is 5.32 Å². The van der Waals surface area contributed by atoms with Crippen molar-refractivity contribution < 1.29 is 4.79 Å². The Labute approximate surface area is 151 Å². The standard InChI is InChI=1S/C21H15ClN2O/c1-14-9-10-18(12-20(14)22)24-21(25)17(13-23)11-16-7-4-6-15-5-2-3-8-19(15)16/h2-12H,1H3,(H,24,25)/b17-11+. The van der Waals surface area contributed by atoms with E-state index in [0.29, 0.717) is 10.7 Å². The van der Waals surface area contributed by atoms with Crippen molar-refractivity contribution in [1.82, 2.24) is 0 Å². The van der Waals surface area contributed by atoms with Crippen LogP contribution in [0.3, 0.4) is 0 Å². The number of nitrogens with zero attached hydrogens (tertiary/aromatic N) is 1.